The lowest BCUT2D eigenvalue weighted by Gasteiger charge is -2.27. The molecule has 1 aliphatic heterocycles. The van der Waals surface area contributed by atoms with Crippen molar-refractivity contribution in [3.05, 3.63) is 74.3 Å². The van der Waals surface area contributed by atoms with E-state index in [1.165, 1.54) is 32.7 Å². The zero-order chi connectivity index (χ0) is 19.1. The Balaban J connectivity index is 1.46. The van der Waals surface area contributed by atoms with Crippen LogP contribution in [0.2, 0.25) is 0 Å². The van der Waals surface area contributed by atoms with Crippen LogP contribution in [-0.4, -0.2) is 26.9 Å². The summed E-state index contributed by atoms with van der Waals surface area (Å²) in [5.41, 5.74) is 2.92. The van der Waals surface area contributed by atoms with Crippen LogP contribution < -0.4 is 5.56 Å². The van der Waals surface area contributed by atoms with Crippen molar-refractivity contribution in [3.8, 4) is 11.1 Å². The van der Waals surface area contributed by atoms with Gasteiger partial charge in [-0.1, -0.05) is 30.3 Å². The fraction of sp³-hybridized carbons (Fsp3) is 0.190. The third-order valence-corrected chi connectivity index (χ3v) is 7.02. The largest absolute Gasteiger partial charge is 0.336 e. The molecule has 0 atom stereocenters. The van der Waals surface area contributed by atoms with Crippen LogP contribution in [-0.2, 0) is 24.3 Å². The summed E-state index contributed by atoms with van der Waals surface area (Å²) in [6, 6.07) is 11.9. The molecule has 0 aliphatic carbocycles. The van der Waals surface area contributed by atoms with Gasteiger partial charge in [0.2, 0.25) is 5.91 Å². The molecule has 3 aromatic heterocycles. The minimum absolute atomic E-state index is 0.0192. The molecule has 5 rings (SSSR count). The topological polar surface area (TPSA) is 55.2 Å². The number of amides is 1. The maximum absolute atomic E-state index is 13.1. The maximum Gasteiger partial charge on any atom is 0.263 e. The molecule has 4 heterocycles. The first kappa shape index (κ1) is 17.3. The first-order valence-corrected chi connectivity index (χ1v) is 10.8. The van der Waals surface area contributed by atoms with Gasteiger partial charge >= 0.3 is 0 Å². The molecule has 5 nitrogen and oxygen atoms in total. The zero-order valence-electron chi connectivity index (χ0n) is 15.0. The highest BCUT2D eigenvalue weighted by Gasteiger charge is 2.22. The van der Waals surface area contributed by atoms with Crippen LogP contribution in [0.3, 0.4) is 0 Å². The highest BCUT2D eigenvalue weighted by atomic mass is 32.1. The molecule has 1 aromatic carbocycles. The highest BCUT2D eigenvalue weighted by Crippen LogP contribution is 2.30. The van der Waals surface area contributed by atoms with Gasteiger partial charge in [-0.25, -0.2) is 4.98 Å². The highest BCUT2D eigenvalue weighted by molar-refractivity contribution is 7.17. The Morgan fingerprint density at radius 2 is 2.00 bits per heavy atom. The van der Waals surface area contributed by atoms with Gasteiger partial charge in [0, 0.05) is 28.9 Å². The van der Waals surface area contributed by atoms with Crippen LogP contribution >= 0.6 is 22.7 Å². The minimum atomic E-state index is -0.160. The number of benzene rings is 1. The van der Waals surface area contributed by atoms with E-state index >= 15 is 0 Å². The molecule has 0 saturated carbocycles. The van der Waals surface area contributed by atoms with Gasteiger partial charge in [-0.15, -0.1) is 22.7 Å². The third-order valence-electron chi connectivity index (χ3n) is 5.11. The molecule has 0 saturated heterocycles. The first-order chi connectivity index (χ1) is 13.7. The number of carbonyl (C=O) groups excluding carboxylic acids is 1. The van der Waals surface area contributed by atoms with Crippen molar-refractivity contribution in [1.82, 2.24) is 14.5 Å². The summed E-state index contributed by atoms with van der Waals surface area (Å²) in [4.78, 5) is 34.3. The molecule has 0 spiro atoms. The quantitative estimate of drug-likeness (QED) is 0.519. The molecule has 0 fully saturated rings. The van der Waals surface area contributed by atoms with Crippen LogP contribution in [0, 0.1) is 0 Å². The van der Waals surface area contributed by atoms with Crippen molar-refractivity contribution in [1.29, 1.82) is 0 Å². The predicted molar refractivity (Wildman–Crippen MR) is 113 cm³/mol. The summed E-state index contributed by atoms with van der Waals surface area (Å²) in [6.45, 7) is 1.34. The monoisotopic (exact) mass is 407 g/mol. The molecular weight excluding hydrogens is 390 g/mol. The molecule has 1 amide bonds. The number of fused-ring (bicyclic) bond motifs is 2. The molecule has 0 bridgehead atoms. The van der Waals surface area contributed by atoms with Crippen molar-refractivity contribution in [2.24, 2.45) is 0 Å². The van der Waals surface area contributed by atoms with Crippen molar-refractivity contribution >= 4 is 38.8 Å². The second-order valence-corrected chi connectivity index (χ2v) is 8.67. The van der Waals surface area contributed by atoms with Gasteiger partial charge in [0.1, 0.15) is 11.4 Å². The van der Waals surface area contributed by atoms with Crippen LogP contribution in [0.15, 0.2) is 58.3 Å². The number of hydrogen-bond donors (Lipinski definition) is 0. The van der Waals surface area contributed by atoms with Gasteiger partial charge < -0.3 is 4.90 Å². The summed E-state index contributed by atoms with van der Waals surface area (Å²) in [5.74, 6) is -0.0448. The molecule has 0 N–H and O–H groups in total. The molecule has 1 aliphatic rings. The van der Waals surface area contributed by atoms with E-state index in [0.717, 1.165) is 17.5 Å². The molecule has 140 valence electrons. The second kappa shape index (κ2) is 7.00. The number of nitrogens with zero attached hydrogens (tertiary/aromatic N) is 3. The van der Waals surface area contributed by atoms with E-state index in [2.05, 4.69) is 16.4 Å². The molecule has 4 aromatic rings. The minimum Gasteiger partial charge on any atom is -0.336 e. The number of hydrogen-bond acceptors (Lipinski definition) is 5. The van der Waals surface area contributed by atoms with E-state index in [9.17, 15) is 9.59 Å². The van der Waals surface area contributed by atoms with E-state index in [1.807, 2.05) is 40.6 Å². The Bertz CT molecular complexity index is 1220. The number of aromatic nitrogens is 2. The van der Waals surface area contributed by atoms with Gasteiger partial charge in [0.05, 0.1) is 11.7 Å². The maximum atomic E-state index is 13.1. The Labute approximate surface area is 169 Å². The second-order valence-electron chi connectivity index (χ2n) is 6.81. The average Bonchev–Trinajstić information content (AvgIpc) is 3.37. The third kappa shape index (κ3) is 2.96. The normalized spacial score (nSPS) is 13.6. The summed E-state index contributed by atoms with van der Waals surface area (Å²) >= 11 is 3.20. The Kier molecular flexibility index (Phi) is 4.33. The SMILES string of the molecule is O=C(Cn1cnc2scc(-c3ccccc3)c2c1=O)N1CCc2sccc2C1. The first-order valence-electron chi connectivity index (χ1n) is 9.06. The number of rotatable bonds is 3. The van der Waals surface area contributed by atoms with Crippen molar-refractivity contribution in [3.63, 3.8) is 0 Å². The van der Waals surface area contributed by atoms with Crippen LogP contribution in [0.1, 0.15) is 10.4 Å². The fourth-order valence-corrected chi connectivity index (χ4v) is 5.41. The van der Waals surface area contributed by atoms with Crippen molar-refractivity contribution in [2.45, 2.75) is 19.5 Å². The van der Waals surface area contributed by atoms with E-state index in [1.54, 1.807) is 11.3 Å². The zero-order valence-corrected chi connectivity index (χ0v) is 16.6. The molecular formula is C21H17N3O2S2. The van der Waals surface area contributed by atoms with E-state index < -0.39 is 0 Å². The Hall–Kier alpha value is -2.77. The van der Waals surface area contributed by atoms with E-state index in [-0.39, 0.29) is 18.0 Å². The molecule has 7 heteroatoms. The van der Waals surface area contributed by atoms with Gasteiger partial charge in [0.25, 0.3) is 5.56 Å². The van der Waals surface area contributed by atoms with Crippen molar-refractivity contribution < 1.29 is 4.79 Å². The fourth-order valence-electron chi connectivity index (χ4n) is 3.62. The lowest BCUT2D eigenvalue weighted by molar-refractivity contribution is -0.132. The van der Waals surface area contributed by atoms with Crippen LogP contribution in [0.5, 0.6) is 0 Å². The van der Waals surface area contributed by atoms with Gasteiger partial charge in [-0.2, -0.15) is 0 Å². The number of carbonyl (C=O) groups is 1. The van der Waals surface area contributed by atoms with Gasteiger partial charge in [-0.3, -0.25) is 14.2 Å². The van der Waals surface area contributed by atoms with E-state index in [0.29, 0.717) is 23.3 Å². The standard InChI is InChI=1S/C21H17N3O2S2/c25-18(23-8-6-17-15(10-23)7-9-27-17)11-24-13-22-20-19(21(24)26)16(12-28-20)14-4-2-1-3-5-14/h1-5,7,9,12-13H,6,8,10-11H2. The Morgan fingerprint density at radius 1 is 1.14 bits per heavy atom. The van der Waals surface area contributed by atoms with Gasteiger partial charge in [-0.05, 0) is 29.0 Å². The van der Waals surface area contributed by atoms with E-state index in [4.69, 9.17) is 0 Å². The summed E-state index contributed by atoms with van der Waals surface area (Å²) < 4.78 is 1.44. The summed E-state index contributed by atoms with van der Waals surface area (Å²) in [5, 5.41) is 4.62. The molecule has 0 radical (unpaired) electrons. The average molecular weight is 408 g/mol. The van der Waals surface area contributed by atoms with Crippen molar-refractivity contribution in [2.75, 3.05) is 6.54 Å². The van der Waals surface area contributed by atoms with Crippen LogP contribution in [0.25, 0.3) is 21.3 Å². The molecule has 28 heavy (non-hydrogen) atoms. The smallest absolute Gasteiger partial charge is 0.263 e. The van der Waals surface area contributed by atoms with Gasteiger partial charge in [0.15, 0.2) is 0 Å². The summed E-state index contributed by atoms with van der Waals surface area (Å²) in [7, 11) is 0. The lowest BCUT2D eigenvalue weighted by atomic mass is 10.1. The predicted octanol–water partition coefficient (Wildman–Crippen LogP) is 3.77. The number of thiophene rings is 2. The molecule has 0 unspecified atom stereocenters. The summed E-state index contributed by atoms with van der Waals surface area (Å²) in [6.07, 6.45) is 2.38. The van der Waals surface area contributed by atoms with Crippen LogP contribution in [0.4, 0.5) is 0 Å². The lowest BCUT2D eigenvalue weighted by Crippen LogP contribution is -2.39. The Morgan fingerprint density at radius 3 is 2.86 bits per heavy atom.